The molecule has 0 saturated heterocycles. The van der Waals surface area contributed by atoms with Crippen molar-refractivity contribution in [3.8, 4) is 11.3 Å². The van der Waals surface area contributed by atoms with Crippen molar-refractivity contribution >= 4 is 23.0 Å². The van der Waals surface area contributed by atoms with Crippen molar-refractivity contribution < 1.29 is 4.79 Å². The molecule has 0 spiro atoms. The van der Waals surface area contributed by atoms with Crippen LogP contribution in [0.5, 0.6) is 0 Å². The van der Waals surface area contributed by atoms with E-state index in [1.165, 1.54) is 11.3 Å². The molecule has 0 bridgehead atoms. The number of nitrogens with one attached hydrogen (secondary N) is 1. The van der Waals surface area contributed by atoms with E-state index in [1.807, 2.05) is 42.6 Å². The van der Waals surface area contributed by atoms with Crippen molar-refractivity contribution in [1.82, 2.24) is 10.4 Å². The second-order valence-corrected chi connectivity index (χ2v) is 6.26. The fourth-order valence-electron chi connectivity index (χ4n) is 2.06. The largest absolute Gasteiger partial charge is 0.273 e. The zero-order chi connectivity index (χ0) is 15.9. The number of carbonyl (C=O) groups excluding carboxylic acids is 1. The Hall–Kier alpha value is -2.01. The van der Waals surface area contributed by atoms with Crippen molar-refractivity contribution in [1.29, 1.82) is 0 Å². The molecule has 22 heavy (non-hydrogen) atoms. The summed E-state index contributed by atoms with van der Waals surface area (Å²) in [5.41, 5.74) is 5.60. The van der Waals surface area contributed by atoms with Crippen LogP contribution in [0.3, 0.4) is 0 Å². The monoisotopic (exact) mass is 315 g/mol. The average Bonchev–Trinajstić information content (AvgIpc) is 2.97. The summed E-state index contributed by atoms with van der Waals surface area (Å²) in [6, 6.07) is 9.96. The Bertz CT molecular complexity index is 647. The number of thiazole rings is 1. The lowest BCUT2D eigenvalue weighted by Crippen LogP contribution is -2.22. The molecule has 2 rings (SSSR count). The third-order valence-electron chi connectivity index (χ3n) is 3.29. The Morgan fingerprint density at radius 2 is 2.05 bits per heavy atom. The summed E-state index contributed by atoms with van der Waals surface area (Å²) < 4.78 is 0. The van der Waals surface area contributed by atoms with Gasteiger partial charge in [-0.15, -0.1) is 11.3 Å². The van der Waals surface area contributed by atoms with E-state index < -0.39 is 0 Å². The molecule has 1 heterocycles. The van der Waals surface area contributed by atoms with Gasteiger partial charge < -0.3 is 0 Å². The predicted molar refractivity (Wildman–Crippen MR) is 92.0 cm³/mol. The molecule has 0 aliphatic carbocycles. The average molecular weight is 315 g/mol. The van der Waals surface area contributed by atoms with Gasteiger partial charge in [0.2, 0.25) is 5.91 Å². The number of hydrogen-bond acceptors (Lipinski definition) is 4. The maximum absolute atomic E-state index is 11.9. The molecule has 0 saturated carbocycles. The highest BCUT2D eigenvalue weighted by Gasteiger charge is 2.09. The smallest absolute Gasteiger partial charge is 0.246 e. The van der Waals surface area contributed by atoms with Crippen LogP contribution in [0, 0.1) is 5.92 Å². The third-order valence-corrected chi connectivity index (χ3v) is 4.13. The van der Waals surface area contributed by atoms with Crippen molar-refractivity contribution in [3.63, 3.8) is 0 Å². The van der Waals surface area contributed by atoms with Gasteiger partial charge in [-0.25, -0.2) is 10.4 Å². The molecule has 2 aromatic rings. The predicted octanol–water partition coefficient (Wildman–Crippen LogP) is 3.89. The van der Waals surface area contributed by atoms with Crippen molar-refractivity contribution in [2.24, 2.45) is 11.0 Å². The Morgan fingerprint density at radius 1 is 1.32 bits per heavy atom. The normalized spacial score (nSPS) is 11.7. The molecule has 0 fully saturated rings. The van der Waals surface area contributed by atoms with Gasteiger partial charge >= 0.3 is 0 Å². The maximum atomic E-state index is 11.9. The second kappa shape index (κ2) is 7.84. The number of nitrogens with zero attached hydrogens (tertiary/aromatic N) is 2. The SMILES string of the molecule is CC/C(=N/NC(=O)Cc1nc(-c2ccccc2)cs1)C(C)C. The quantitative estimate of drug-likeness (QED) is 0.649. The lowest BCUT2D eigenvalue weighted by Gasteiger charge is -2.07. The summed E-state index contributed by atoms with van der Waals surface area (Å²) in [6.07, 6.45) is 1.10. The Balaban J connectivity index is 1.97. The van der Waals surface area contributed by atoms with Crippen LogP contribution in [0.4, 0.5) is 0 Å². The number of amides is 1. The van der Waals surface area contributed by atoms with Crippen LogP contribution in [0.25, 0.3) is 11.3 Å². The molecular formula is C17H21N3OS. The molecule has 0 atom stereocenters. The van der Waals surface area contributed by atoms with Crippen LogP contribution < -0.4 is 5.43 Å². The summed E-state index contributed by atoms with van der Waals surface area (Å²) in [5.74, 6) is 0.218. The van der Waals surface area contributed by atoms with Crippen molar-refractivity contribution in [2.75, 3.05) is 0 Å². The highest BCUT2D eigenvalue weighted by atomic mass is 32.1. The summed E-state index contributed by atoms with van der Waals surface area (Å²) >= 11 is 1.50. The van der Waals surface area contributed by atoms with E-state index in [0.29, 0.717) is 5.92 Å². The van der Waals surface area contributed by atoms with E-state index in [2.05, 4.69) is 29.4 Å². The Kier molecular flexibility index (Phi) is 5.83. The van der Waals surface area contributed by atoms with E-state index >= 15 is 0 Å². The molecule has 4 nitrogen and oxygen atoms in total. The lowest BCUT2D eigenvalue weighted by atomic mass is 10.1. The second-order valence-electron chi connectivity index (χ2n) is 5.32. The topological polar surface area (TPSA) is 54.4 Å². The first-order valence-electron chi connectivity index (χ1n) is 7.45. The zero-order valence-corrected chi connectivity index (χ0v) is 14.0. The molecule has 1 N–H and O–H groups in total. The molecule has 0 aliphatic rings. The summed E-state index contributed by atoms with van der Waals surface area (Å²) in [4.78, 5) is 16.5. The summed E-state index contributed by atoms with van der Waals surface area (Å²) in [7, 11) is 0. The number of hydrazone groups is 1. The van der Waals surface area contributed by atoms with Gasteiger partial charge in [-0.05, 0) is 12.3 Å². The minimum atomic E-state index is -0.124. The standard InChI is InChI=1S/C17H21N3OS/c1-4-14(12(2)3)19-20-16(21)10-17-18-15(11-22-17)13-8-6-5-7-9-13/h5-9,11-12H,4,10H2,1-3H3,(H,20,21)/b19-14-. The van der Waals surface area contributed by atoms with Crippen LogP contribution in [0.2, 0.25) is 0 Å². The van der Waals surface area contributed by atoms with Gasteiger partial charge in [0.25, 0.3) is 0 Å². The molecule has 116 valence electrons. The van der Waals surface area contributed by atoms with E-state index in [1.54, 1.807) is 0 Å². The fraction of sp³-hybridized carbons (Fsp3) is 0.353. The van der Waals surface area contributed by atoms with Gasteiger partial charge in [0, 0.05) is 16.7 Å². The molecule has 5 heteroatoms. The van der Waals surface area contributed by atoms with E-state index in [4.69, 9.17) is 0 Å². The zero-order valence-electron chi connectivity index (χ0n) is 13.2. The molecule has 1 aromatic heterocycles. The Morgan fingerprint density at radius 3 is 2.68 bits per heavy atom. The molecule has 1 amide bonds. The van der Waals surface area contributed by atoms with Crippen LogP contribution in [0.1, 0.15) is 32.2 Å². The highest BCUT2D eigenvalue weighted by Crippen LogP contribution is 2.21. The third kappa shape index (κ3) is 4.49. The van der Waals surface area contributed by atoms with Crippen molar-refractivity contribution in [3.05, 3.63) is 40.7 Å². The summed E-state index contributed by atoms with van der Waals surface area (Å²) in [6.45, 7) is 6.18. The fourth-order valence-corrected chi connectivity index (χ4v) is 2.86. The van der Waals surface area contributed by atoms with Crippen LogP contribution in [-0.4, -0.2) is 16.6 Å². The summed E-state index contributed by atoms with van der Waals surface area (Å²) in [5, 5.41) is 6.98. The van der Waals surface area contributed by atoms with Crippen molar-refractivity contribution in [2.45, 2.75) is 33.6 Å². The van der Waals surface area contributed by atoms with Crippen LogP contribution in [-0.2, 0) is 11.2 Å². The number of carbonyl (C=O) groups is 1. The van der Waals surface area contributed by atoms with Gasteiger partial charge in [0.05, 0.1) is 12.1 Å². The number of benzene rings is 1. The van der Waals surface area contributed by atoms with E-state index in [9.17, 15) is 4.79 Å². The van der Waals surface area contributed by atoms with Gasteiger partial charge in [0.1, 0.15) is 5.01 Å². The molecule has 1 aromatic carbocycles. The minimum Gasteiger partial charge on any atom is -0.273 e. The lowest BCUT2D eigenvalue weighted by molar-refractivity contribution is -0.120. The molecule has 0 radical (unpaired) electrons. The first-order chi connectivity index (χ1) is 10.6. The van der Waals surface area contributed by atoms with Gasteiger partial charge in [-0.2, -0.15) is 5.10 Å². The van der Waals surface area contributed by atoms with Gasteiger partial charge in [0.15, 0.2) is 0 Å². The van der Waals surface area contributed by atoms with Gasteiger partial charge in [-0.1, -0.05) is 51.1 Å². The van der Waals surface area contributed by atoms with Gasteiger partial charge in [-0.3, -0.25) is 4.79 Å². The van der Waals surface area contributed by atoms with Crippen LogP contribution >= 0.6 is 11.3 Å². The molecule has 0 aliphatic heterocycles. The first kappa shape index (κ1) is 16.4. The number of rotatable bonds is 6. The minimum absolute atomic E-state index is 0.124. The molecular weight excluding hydrogens is 294 g/mol. The maximum Gasteiger partial charge on any atom is 0.246 e. The number of hydrogen-bond donors (Lipinski definition) is 1. The number of aromatic nitrogens is 1. The first-order valence-corrected chi connectivity index (χ1v) is 8.33. The van der Waals surface area contributed by atoms with E-state index in [-0.39, 0.29) is 12.3 Å². The molecule has 0 unspecified atom stereocenters. The van der Waals surface area contributed by atoms with E-state index in [0.717, 1.165) is 28.4 Å². The Labute approximate surface area is 135 Å². The highest BCUT2D eigenvalue weighted by molar-refractivity contribution is 7.10. The van der Waals surface area contributed by atoms with Crippen LogP contribution in [0.15, 0.2) is 40.8 Å².